The molecule has 5 nitrogen and oxygen atoms in total. The number of halogens is 1. The van der Waals surface area contributed by atoms with E-state index in [4.69, 9.17) is 17.3 Å². The summed E-state index contributed by atoms with van der Waals surface area (Å²) < 4.78 is 1.69. The Morgan fingerprint density at radius 3 is 2.67 bits per heavy atom. The molecular formula is C9H15ClN4O. The number of rotatable bonds is 4. The van der Waals surface area contributed by atoms with Gasteiger partial charge in [-0.3, -0.25) is 9.48 Å². The summed E-state index contributed by atoms with van der Waals surface area (Å²) in [5.41, 5.74) is 6.09. The van der Waals surface area contributed by atoms with E-state index in [-0.39, 0.29) is 6.04 Å². The SMILES string of the molecule is CNC(C(N)=O)C(C)n1ncc(Cl)c1C. The van der Waals surface area contributed by atoms with Gasteiger partial charge < -0.3 is 11.1 Å². The molecule has 2 atom stereocenters. The van der Waals surface area contributed by atoms with Crippen molar-refractivity contribution in [2.24, 2.45) is 5.73 Å². The molecule has 1 rings (SSSR count). The quantitative estimate of drug-likeness (QED) is 0.790. The van der Waals surface area contributed by atoms with Gasteiger partial charge in [0.1, 0.15) is 6.04 Å². The van der Waals surface area contributed by atoms with Crippen LogP contribution in [0.15, 0.2) is 6.20 Å². The van der Waals surface area contributed by atoms with Crippen LogP contribution in [0, 0.1) is 6.92 Å². The zero-order chi connectivity index (χ0) is 11.6. The van der Waals surface area contributed by atoms with Crippen LogP contribution in [0.1, 0.15) is 18.7 Å². The molecule has 0 spiro atoms. The van der Waals surface area contributed by atoms with Crippen molar-refractivity contribution in [3.8, 4) is 0 Å². The molecular weight excluding hydrogens is 216 g/mol. The first-order valence-electron chi connectivity index (χ1n) is 4.65. The van der Waals surface area contributed by atoms with Crippen LogP contribution < -0.4 is 11.1 Å². The lowest BCUT2D eigenvalue weighted by atomic mass is 10.1. The summed E-state index contributed by atoms with van der Waals surface area (Å²) in [5, 5.41) is 7.55. The van der Waals surface area contributed by atoms with Crippen LogP contribution in [0.4, 0.5) is 0 Å². The fraction of sp³-hybridized carbons (Fsp3) is 0.556. The molecule has 2 unspecified atom stereocenters. The smallest absolute Gasteiger partial charge is 0.236 e. The number of nitrogens with two attached hydrogens (primary N) is 1. The Morgan fingerprint density at radius 1 is 1.73 bits per heavy atom. The normalized spacial score (nSPS) is 14.9. The molecule has 0 aliphatic carbocycles. The zero-order valence-electron chi connectivity index (χ0n) is 8.99. The van der Waals surface area contributed by atoms with E-state index in [0.717, 1.165) is 5.69 Å². The summed E-state index contributed by atoms with van der Waals surface area (Å²) >= 11 is 5.88. The maximum atomic E-state index is 11.1. The van der Waals surface area contributed by atoms with Crippen LogP contribution >= 0.6 is 11.6 Å². The lowest BCUT2D eigenvalue weighted by Crippen LogP contribution is -2.45. The highest BCUT2D eigenvalue weighted by Crippen LogP contribution is 2.19. The summed E-state index contributed by atoms with van der Waals surface area (Å²) in [4.78, 5) is 11.1. The van der Waals surface area contributed by atoms with Crippen molar-refractivity contribution < 1.29 is 4.79 Å². The topological polar surface area (TPSA) is 72.9 Å². The van der Waals surface area contributed by atoms with Gasteiger partial charge in [-0.05, 0) is 20.9 Å². The maximum Gasteiger partial charge on any atom is 0.236 e. The number of nitrogens with one attached hydrogen (secondary N) is 1. The summed E-state index contributed by atoms with van der Waals surface area (Å²) in [5.74, 6) is -0.406. The monoisotopic (exact) mass is 230 g/mol. The highest BCUT2D eigenvalue weighted by molar-refractivity contribution is 6.31. The van der Waals surface area contributed by atoms with Gasteiger partial charge in [-0.25, -0.2) is 0 Å². The summed E-state index contributed by atoms with van der Waals surface area (Å²) in [6, 6.07) is -0.625. The molecule has 0 aliphatic rings. The van der Waals surface area contributed by atoms with Crippen LogP contribution in [0.5, 0.6) is 0 Å². The van der Waals surface area contributed by atoms with Gasteiger partial charge in [-0.1, -0.05) is 11.6 Å². The highest BCUT2D eigenvalue weighted by Gasteiger charge is 2.24. The minimum Gasteiger partial charge on any atom is -0.368 e. The average Bonchev–Trinajstić information content (AvgIpc) is 2.48. The molecule has 1 aromatic heterocycles. The first kappa shape index (κ1) is 12.0. The number of hydrogen-bond donors (Lipinski definition) is 2. The first-order valence-corrected chi connectivity index (χ1v) is 5.03. The van der Waals surface area contributed by atoms with E-state index in [1.54, 1.807) is 17.9 Å². The minimum absolute atomic E-state index is 0.167. The van der Waals surface area contributed by atoms with Gasteiger partial charge in [0.2, 0.25) is 5.91 Å². The molecule has 6 heteroatoms. The van der Waals surface area contributed by atoms with Crippen molar-refractivity contribution >= 4 is 17.5 Å². The molecule has 0 bridgehead atoms. The lowest BCUT2D eigenvalue weighted by Gasteiger charge is -2.22. The Balaban J connectivity index is 2.97. The zero-order valence-corrected chi connectivity index (χ0v) is 9.75. The molecule has 0 saturated heterocycles. The average molecular weight is 231 g/mol. The Morgan fingerprint density at radius 2 is 2.33 bits per heavy atom. The van der Waals surface area contributed by atoms with Gasteiger partial charge >= 0.3 is 0 Å². The number of aromatic nitrogens is 2. The second-order valence-corrected chi connectivity index (χ2v) is 3.84. The number of amides is 1. The fourth-order valence-electron chi connectivity index (χ4n) is 1.58. The molecule has 84 valence electrons. The Bertz CT molecular complexity index is 363. The Hall–Kier alpha value is -1.07. The van der Waals surface area contributed by atoms with Crippen molar-refractivity contribution in [3.05, 3.63) is 16.9 Å². The summed E-state index contributed by atoms with van der Waals surface area (Å²) in [7, 11) is 1.69. The molecule has 0 fully saturated rings. The molecule has 3 N–H and O–H groups in total. The van der Waals surface area contributed by atoms with Crippen LogP contribution in [-0.2, 0) is 4.79 Å². The molecule has 15 heavy (non-hydrogen) atoms. The molecule has 1 amide bonds. The Labute approximate surface area is 93.6 Å². The third kappa shape index (κ3) is 2.30. The van der Waals surface area contributed by atoms with Crippen molar-refractivity contribution in [1.82, 2.24) is 15.1 Å². The van der Waals surface area contributed by atoms with Crippen molar-refractivity contribution in [1.29, 1.82) is 0 Å². The van der Waals surface area contributed by atoms with Crippen molar-refractivity contribution in [2.75, 3.05) is 7.05 Å². The van der Waals surface area contributed by atoms with E-state index in [9.17, 15) is 4.79 Å². The van der Waals surface area contributed by atoms with Gasteiger partial charge in [0, 0.05) is 0 Å². The van der Waals surface area contributed by atoms with E-state index in [0.29, 0.717) is 5.02 Å². The maximum absolute atomic E-state index is 11.1. The van der Waals surface area contributed by atoms with Crippen LogP contribution in [0.25, 0.3) is 0 Å². The van der Waals surface area contributed by atoms with Crippen molar-refractivity contribution in [3.63, 3.8) is 0 Å². The van der Waals surface area contributed by atoms with E-state index in [1.807, 2.05) is 13.8 Å². The molecule has 0 saturated carbocycles. The van der Waals surface area contributed by atoms with Gasteiger partial charge in [0.15, 0.2) is 0 Å². The largest absolute Gasteiger partial charge is 0.368 e. The summed E-state index contributed by atoms with van der Waals surface area (Å²) in [6.45, 7) is 3.71. The predicted molar refractivity (Wildman–Crippen MR) is 58.7 cm³/mol. The Kier molecular flexibility index (Phi) is 3.71. The predicted octanol–water partition coefficient (Wildman–Crippen LogP) is 0.479. The van der Waals surface area contributed by atoms with Gasteiger partial charge in [0.05, 0.1) is 23.0 Å². The van der Waals surface area contributed by atoms with E-state index >= 15 is 0 Å². The van der Waals surface area contributed by atoms with Crippen molar-refractivity contribution in [2.45, 2.75) is 25.9 Å². The third-order valence-electron chi connectivity index (χ3n) is 2.47. The number of primary amides is 1. The van der Waals surface area contributed by atoms with E-state index < -0.39 is 11.9 Å². The standard InChI is InChI=1S/C9H15ClN4O/c1-5-7(10)4-13-14(5)6(2)8(12-3)9(11)15/h4,6,8,12H,1-3H3,(H2,11,15). The number of carbonyl (C=O) groups is 1. The van der Waals surface area contributed by atoms with Gasteiger partial charge in [-0.2, -0.15) is 5.10 Å². The van der Waals surface area contributed by atoms with Crippen LogP contribution in [0.2, 0.25) is 5.02 Å². The van der Waals surface area contributed by atoms with E-state index in [1.165, 1.54) is 0 Å². The number of hydrogen-bond acceptors (Lipinski definition) is 3. The first-order chi connectivity index (χ1) is 6.99. The fourth-order valence-corrected chi connectivity index (χ4v) is 1.71. The second-order valence-electron chi connectivity index (χ2n) is 3.43. The number of carbonyl (C=O) groups excluding carboxylic acids is 1. The van der Waals surface area contributed by atoms with Gasteiger partial charge in [-0.15, -0.1) is 0 Å². The third-order valence-corrected chi connectivity index (χ3v) is 2.84. The number of nitrogens with zero attached hydrogens (tertiary/aromatic N) is 2. The molecule has 1 aromatic rings. The molecule has 0 radical (unpaired) electrons. The second kappa shape index (κ2) is 4.63. The van der Waals surface area contributed by atoms with Crippen LogP contribution in [-0.4, -0.2) is 28.8 Å². The number of likely N-dealkylation sites (N-methyl/N-ethyl adjacent to an activating group) is 1. The lowest BCUT2D eigenvalue weighted by molar-refractivity contribution is -0.120. The molecule has 1 heterocycles. The van der Waals surface area contributed by atoms with Gasteiger partial charge in [0.25, 0.3) is 0 Å². The summed E-state index contributed by atoms with van der Waals surface area (Å²) in [6.07, 6.45) is 1.56. The highest BCUT2D eigenvalue weighted by atomic mass is 35.5. The van der Waals surface area contributed by atoms with E-state index in [2.05, 4.69) is 10.4 Å². The van der Waals surface area contributed by atoms with Crippen LogP contribution in [0.3, 0.4) is 0 Å². The minimum atomic E-state index is -0.459. The molecule has 0 aliphatic heterocycles. The molecule has 0 aromatic carbocycles.